The van der Waals surface area contributed by atoms with Crippen molar-refractivity contribution in [2.24, 2.45) is 21.7 Å². The lowest BCUT2D eigenvalue weighted by atomic mass is 9.64. The number of aliphatic hydroxyl groups is 7. The van der Waals surface area contributed by atoms with Gasteiger partial charge in [0.25, 0.3) is 0 Å². The molecular weight excluding hydrogens is 1500 g/mol. The summed E-state index contributed by atoms with van der Waals surface area (Å²) < 4.78 is 0. The molecule has 2 unspecified atom stereocenters. The molecule has 9 N–H and O–H groups in total. The third-order valence-corrected chi connectivity index (χ3v) is 30.9. The SMILES string of the molecule is CC1(C)CC(C)(C(=O)N(CC(O)CN2C(C)(C)CC(C)(C(=O)N(CC(O)CN(C(=O)C3(C)CC(C)(C)N(CC(O)CN(C(=O)C4(C)CC(C)(C)NC(C)(C)C4)C4(O)CCCCCCCCCCC4)C(C)(C)C3)C3(O)CCCCCCCCCCC3)C3(O)CCCCCCCCCCC3)CC2(C)C)C2(O)CCCCCCCCCCC2)CC(C)(C)N1. The van der Waals surface area contributed by atoms with Gasteiger partial charge < -0.3 is 66.0 Å². The van der Waals surface area contributed by atoms with Crippen LogP contribution in [-0.4, -0.2) is 214 Å². The molecule has 0 bridgehead atoms. The fourth-order valence-electron chi connectivity index (χ4n) is 27.9. The lowest BCUT2D eigenvalue weighted by Gasteiger charge is -2.60. The molecule has 0 aromatic heterocycles. The predicted octanol–water partition coefficient (Wildman–Crippen LogP) is 19.6. The summed E-state index contributed by atoms with van der Waals surface area (Å²) in [6.45, 7) is 42.3. The van der Waals surface area contributed by atoms with Crippen molar-refractivity contribution in [3.8, 4) is 0 Å². The summed E-state index contributed by atoms with van der Waals surface area (Å²) in [6, 6.07) is 0. The molecule has 8 aliphatic rings. The number of rotatable bonds is 20. The Morgan fingerprint density at radius 1 is 0.242 bits per heavy atom. The molecule has 4 saturated heterocycles. The molecule has 8 fully saturated rings. The van der Waals surface area contributed by atoms with Crippen LogP contribution in [0.1, 0.15) is 472 Å². The number of piperidine rings is 4. The van der Waals surface area contributed by atoms with Gasteiger partial charge in [-0.25, -0.2) is 0 Å². The molecule has 19 nitrogen and oxygen atoms in total. The van der Waals surface area contributed by atoms with E-state index in [0.29, 0.717) is 128 Å². The maximum atomic E-state index is 16.9. The minimum Gasteiger partial charge on any atom is -0.390 e. The number of carbonyl (C=O) groups excluding carboxylic acids is 4. The Kier molecular flexibility index (Phi) is 35.9. The van der Waals surface area contributed by atoms with Crippen LogP contribution in [0.15, 0.2) is 0 Å². The highest BCUT2D eigenvalue weighted by Crippen LogP contribution is 2.55. The van der Waals surface area contributed by atoms with Gasteiger partial charge >= 0.3 is 0 Å². The van der Waals surface area contributed by atoms with Crippen LogP contribution in [0, 0.1) is 21.7 Å². The van der Waals surface area contributed by atoms with Gasteiger partial charge in [0, 0.05) is 57.4 Å². The van der Waals surface area contributed by atoms with Gasteiger partial charge in [-0.1, -0.05) is 207 Å². The predicted molar refractivity (Wildman–Crippen MR) is 489 cm³/mol. The van der Waals surface area contributed by atoms with Gasteiger partial charge in [0.1, 0.15) is 22.9 Å². The minimum atomic E-state index is -1.66. The van der Waals surface area contributed by atoms with E-state index in [1.165, 1.54) is 51.4 Å². The lowest BCUT2D eigenvalue weighted by molar-refractivity contribution is -0.199. The van der Waals surface area contributed by atoms with Crippen molar-refractivity contribution in [3.63, 3.8) is 0 Å². The number of β-amino-alcohol motifs (C(OH)–C–C–N with tert-alkyl or cyclic N) is 2. The van der Waals surface area contributed by atoms with Gasteiger partial charge in [0.15, 0.2) is 0 Å². The summed E-state index contributed by atoms with van der Waals surface area (Å²) in [5, 5.41) is 102. The molecule has 4 heterocycles. The van der Waals surface area contributed by atoms with E-state index in [9.17, 15) is 35.7 Å². The zero-order valence-electron chi connectivity index (χ0n) is 81.2. The van der Waals surface area contributed by atoms with Crippen LogP contribution in [0.2, 0.25) is 0 Å². The Labute approximate surface area is 733 Å². The van der Waals surface area contributed by atoms with Crippen LogP contribution in [0.3, 0.4) is 0 Å². The molecular formula is C101H188N8O11. The van der Waals surface area contributed by atoms with Gasteiger partial charge in [-0.3, -0.25) is 29.0 Å². The van der Waals surface area contributed by atoms with Crippen molar-refractivity contribution in [2.75, 3.05) is 39.3 Å². The summed E-state index contributed by atoms with van der Waals surface area (Å²) in [4.78, 5) is 77.1. The monoisotopic (exact) mass is 1690 g/mol. The summed E-state index contributed by atoms with van der Waals surface area (Å²) in [5.74, 6) is -0.738. The number of likely N-dealkylation sites (tertiary alicyclic amines) is 2. The largest absolute Gasteiger partial charge is 0.390 e. The summed E-state index contributed by atoms with van der Waals surface area (Å²) in [6.07, 6.45) is 38.8. The van der Waals surface area contributed by atoms with Crippen molar-refractivity contribution in [3.05, 3.63) is 0 Å². The van der Waals surface area contributed by atoms with E-state index >= 15 is 19.2 Å². The molecule has 4 aliphatic carbocycles. The van der Waals surface area contributed by atoms with Crippen molar-refractivity contribution in [2.45, 2.75) is 558 Å². The second kappa shape index (κ2) is 41.9. The van der Waals surface area contributed by atoms with E-state index in [1.807, 2.05) is 13.8 Å². The van der Waals surface area contributed by atoms with E-state index < -0.39 is 85.0 Å². The number of carbonyl (C=O) groups is 4. The maximum absolute atomic E-state index is 16.9. The summed E-state index contributed by atoms with van der Waals surface area (Å²) in [7, 11) is 0. The molecule has 0 aromatic carbocycles. The lowest BCUT2D eigenvalue weighted by Crippen LogP contribution is -2.70. The molecule has 19 heteroatoms. The number of nitrogens with zero attached hydrogens (tertiary/aromatic N) is 6. The average Bonchev–Trinajstić information content (AvgIpc) is 0.735. The Morgan fingerprint density at radius 3 is 0.550 bits per heavy atom. The van der Waals surface area contributed by atoms with Gasteiger partial charge in [0.2, 0.25) is 23.6 Å². The second-order valence-corrected chi connectivity index (χ2v) is 48.2. The van der Waals surface area contributed by atoms with E-state index in [1.54, 1.807) is 19.6 Å². The first-order valence-electron chi connectivity index (χ1n) is 50.0. The average molecular weight is 1690 g/mol. The molecule has 4 aliphatic heterocycles. The third kappa shape index (κ3) is 27.7. The molecule has 0 spiro atoms. The highest BCUT2D eigenvalue weighted by Gasteiger charge is 2.61. The number of hydrogen-bond donors (Lipinski definition) is 9. The van der Waals surface area contributed by atoms with Crippen LogP contribution in [0.4, 0.5) is 0 Å². The van der Waals surface area contributed by atoms with Crippen molar-refractivity contribution >= 4 is 23.6 Å². The smallest absolute Gasteiger partial charge is 0.230 e. The normalized spacial score (nSPS) is 28.4. The standard InChI is InChI=1S/C101H188N8O11/c1-86(2)71-94(17,72-87(3,4)102-86)82(113)106(100(119)61-53-45-37-29-23-30-38-46-54-62-100)67-80(111)69-108-90(9,10)75-96(19,76-91(108,11)12)84(115)104(98(117)57-49-41-33-25-21-26-34-42-50-58-98)65-79(110)66-105(99(118)59-51-43-35-27-22-28-36-44-52-60-99)85(116)97(20)77-92(13,14)109(93(15,16)78-97)70-81(112)68-107(83(114)95(18)73-88(5,6)103-89(7,8)74-95)101(120)63-55-47-39-31-24-32-40-48-56-64-101/h79-81,102-103,110-112,117-120H,21-78H2,1-20H3. The van der Waals surface area contributed by atoms with Crippen molar-refractivity contribution in [1.29, 1.82) is 0 Å². The molecule has 0 aromatic rings. The fraction of sp³-hybridized carbons (Fsp3) is 0.960. The molecule has 0 radical (unpaired) electrons. The first-order chi connectivity index (χ1) is 55.6. The van der Waals surface area contributed by atoms with E-state index in [0.717, 1.165) is 154 Å². The van der Waals surface area contributed by atoms with Crippen LogP contribution in [0.5, 0.6) is 0 Å². The van der Waals surface area contributed by atoms with Crippen LogP contribution in [-0.2, 0) is 19.2 Å². The fourth-order valence-corrected chi connectivity index (χ4v) is 27.9. The van der Waals surface area contributed by atoms with Crippen molar-refractivity contribution in [1.82, 2.24) is 40.0 Å². The number of amides is 4. The number of hydrogen-bond acceptors (Lipinski definition) is 15. The Bertz CT molecular complexity index is 2890. The number of aliphatic hydroxyl groups excluding tert-OH is 3. The molecule has 4 amide bonds. The maximum Gasteiger partial charge on any atom is 0.230 e. The van der Waals surface area contributed by atoms with Crippen LogP contribution in [0.25, 0.3) is 0 Å². The summed E-state index contributed by atoms with van der Waals surface area (Å²) >= 11 is 0. The van der Waals surface area contributed by atoms with Crippen LogP contribution < -0.4 is 10.6 Å². The third-order valence-electron chi connectivity index (χ3n) is 30.9. The number of nitrogens with one attached hydrogen (secondary N) is 2. The zero-order chi connectivity index (χ0) is 88.9. The Morgan fingerprint density at radius 2 is 0.383 bits per heavy atom. The van der Waals surface area contributed by atoms with E-state index in [2.05, 4.69) is 145 Å². The highest BCUT2D eigenvalue weighted by molar-refractivity contribution is 5.86. The van der Waals surface area contributed by atoms with Gasteiger partial charge in [-0.15, -0.1) is 0 Å². The van der Waals surface area contributed by atoms with E-state index in [4.69, 9.17) is 0 Å². The Balaban J connectivity index is 1.12. The topological polar surface area (TPSA) is 253 Å². The minimum absolute atomic E-state index is 0.0471. The molecule has 8 rings (SSSR count). The van der Waals surface area contributed by atoms with Crippen molar-refractivity contribution < 1.29 is 54.9 Å². The first kappa shape index (κ1) is 103. The molecule has 120 heavy (non-hydrogen) atoms. The van der Waals surface area contributed by atoms with E-state index in [-0.39, 0.29) is 85.1 Å². The molecule has 2 atom stereocenters. The Hall–Kier alpha value is -2.56. The zero-order valence-corrected chi connectivity index (χ0v) is 81.2. The second-order valence-electron chi connectivity index (χ2n) is 48.2. The highest BCUT2D eigenvalue weighted by atomic mass is 16.3. The first-order valence-corrected chi connectivity index (χ1v) is 50.0. The molecule has 698 valence electrons. The summed E-state index contributed by atoms with van der Waals surface area (Å²) in [5.41, 5.74) is -14.6. The van der Waals surface area contributed by atoms with Crippen LogP contribution >= 0.6 is 0 Å². The quantitative estimate of drug-likeness (QED) is 0.0514. The molecule has 4 saturated carbocycles. The van der Waals surface area contributed by atoms with Gasteiger partial charge in [-0.2, -0.15) is 0 Å². The van der Waals surface area contributed by atoms with Gasteiger partial charge in [-0.05, 0) is 265 Å². The van der Waals surface area contributed by atoms with Gasteiger partial charge in [0.05, 0.1) is 66.2 Å².